The summed E-state index contributed by atoms with van der Waals surface area (Å²) in [4.78, 5) is 35.7. The molecular weight excluding hydrogens is 408 g/mol. The first-order valence-electron chi connectivity index (χ1n) is 11.8. The molecule has 1 aromatic carbocycles. The Kier molecular flexibility index (Phi) is 4.02. The van der Waals surface area contributed by atoms with E-state index < -0.39 is 12.9 Å². The molecule has 1 aliphatic heterocycles. The molecule has 9 heteroatoms. The molecule has 3 aromatic rings. The number of fused-ring (bicyclic) bond motifs is 3. The third kappa shape index (κ3) is 3.55. The van der Waals surface area contributed by atoms with Crippen LogP contribution in [-0.4, -0.2) is 35.8 Å². The lowest BCUT2D eigenvalue weighted by molar-refractivity contribution is -0.117. The molecule has 2 aliphatic rings. The molecule has 1 aliphatic carbocycles. The van der Waals surface area contributed by atoms with Crippen LogP contribution in [0.25, 0.3) is 11.3 Å². The minimum Gasteiger partial charge on any atom is -0.443 e. The summed E-state index contributed by atoms with van der Waals surface area (Å²) in [6, 6.07) is 7.17. The first kappa shape index (κ1) is 16.8. The number of carbonyl (C=O) groups excluding carboxylic acids is 2. The van der Waals surface area contributed by atoms with Crippen molar-refractivity contribution in [2.24, 2.45) is 5.92 Å². The summed E-state index contributed by atoms with van der Waals surface area (Å²) in [6.07, 6.45) is 2.92. The maximum Gasteiger partial charge on any atom is 0.254 e. The van der Waals surface area contributed by atoms with Gasteiger partial charge in [-0.15, -0.1) is 0 Å². The molecule has 0 atom stereocenters. The van der Waals surface area contributed by atoms with E-state index in [4.69, 9.17) is 8.53 Å². The highest BCUT2D eigenvalue weighted by Gasteiger charge is 2.30. The fraction of sp³-hybridized carbons (Fsp3) is 0.304. The van der Waals surface area contributed by atoms with Crippen molar-refractivity contribution in [2.75, 3.05) is 29.6 Å². The largest absolute Gasteiger partial charge is 0.443 e. The number of aromatic nitrogens is 2. The predicted molar refractivity (Wildman–Crippen MR) is 121 cm³/mol. The van der Waals surface area contributed by atoms with Gasteiger partial charge in [-0.05, 0) is 18.9 Å². The van der Waals surface area contributed by atoms with Crippen LogP contribution in [0.15, 0.2) is 34.9 Å². The van der Waals surface area contributed by atoms with Crippen LogP contribution in [0.5, 0.6) is 0 Å². The maximum absolute atomic E-state index is 12.8. The van der Waals surface area contributed by atoms with Crippen LogP contribution in [0.2, 0.25) is 0 Å². The van der Waals surface area contributed by atoms with Crippen LogP contribution in [0.4, 0.5) is 22.9 Å². The standard InChI is InChI=1S/C23H24N6O3/c1-12-26-20-14-5-4-6-16(21(14)29(3)11-18(20)32-12)27-17-9-19(28-22(30)13-7-8-13)25-10-15(17)23(31)24-2/h4-6,9-10,13H,7-8,11H2,1-3H3,(H,24,31)(H2,25,27,28,30)/i2D3. The maximum atomic E-state index is 12.8. The van der Waals surface area contributed by atoms with E-state index in [1.807, 2.05) is 35.5 Å². The number of rotatable bonds is 5. The molecule has 2 amide bonds. The van der Waals surface area contributed by atoms with Gasteiger partial charge >= 0.3 is 0 Å². The third-order valence-electron chi connectivity index (χ3n) is 5.59. The second-order valence-electron chi connectivity index (χ2n) is 8.02. The quantitative estimate of drug-likeness (QED) is 0.563. The van der Waals surface area contributed by atoms with Crippen LogP contribution in [0.1, 0.15) is 39.0 Å². The highest BCUT2D eigenvalue weighted by Crippen LogP contribution is 2.44. The zero-order valence-electron chi connectivity index (χ0n) is 20.7. The van der Waals surface area contributed by atoms with Crippen LogP contribution in [0, 0.1) is 12.8 Å². The van der Waals surface area contributed by atoms with Crippen molar-refractivity contribution in [1.29, 1.82) is 0 Å². The van der Waals surface area contributed by atoms with E-state index in [0.29, 0.717) is 23.8 Å². The molecule has 1 fully saturated rings. The second kappa shape index (κ2) is 7.67. The van der Waals surface area contributed by atoms with Crippen LogP contribution in [-0.2, 0) is 11.3 Å². The molecule has 1 saturated carbocycles. The lowest BCUT2D eigenvalue weighted by atomic mass is 10.0. The van der Waals surface area contributed by atoms with Gasteiger partial charge in [-0.3, -0.25) is 9.59 Å². The molecule has 9 nitrogen and oxygen atoms in total. The molecule has 32 heavy (non-hydrogen) atoms. The van der Waals surface area contributed by atoms with E-state index in [2.05, 4.69) is 20.6 Å². The van der Waals surface area contributed by atoms with E-state index in [9.17, 15) is 9.59 Å². The van der Waals surface area contributed by atoms with E-state index >= 15 is 0 Å². The number of oxazole rings is 1. The normalized spacial score (nSPS) is 16.2. The lowest BCUT2D eigenvalue weighted by Gasteiger charge is -2.29. The van der Waals surface area contributed by atoms with Gasteiger partial charge in [0.1, 0.15) is 11.5 Å². The summed E-state index contributed by atoms with van der Waals surface area (Å²) >= 11 is 0. The number of anilines is 4. The molecule has 0 radical (unpaired) electrons. The molecule has 3 N–H and O–H groups in total. The van der Waals surface area contributed by atoms with Gasteiger partial charge in [-0.25, -0.2) is 9.97 Å². The molecule has 0 spiro atoms. The predicted octanol–water partition coefficient (Wildman–Crippen LogP) is 3.45. The number of amides is 2. The number of hydrogen-bond donors (Lipinski definition) is 3. The smallest absolute Gasteiger partial charge is 0.254 e. The summed E-state index contributed by atoms with van der Waals surface area (Å²) in [7, 11) is 1.92. The number of hydrogen-bond acceptors (Lipinski definition) is 7. The van der Waals surface area contributed by atoms with Crippen molar-refractivity contribution < 1.29 is 18.1 Å². The highest BCUT2D eigenvalue weighted by atomic mass is 16.4. The van der Waals surface area contributed by atoms with Crippen molar-refractivity contribution in [3.63, 3.8) is 0 Å². The Hall–Kier alpha value is -3.88. The average Bonchev–Trinajstić information content (AvgIpc) is 3.55. The van der Waals surface area contributed by atoms with Crippen molar-refractivity contribution in [1.82, 2.24) is 15.3 Å². The van der Waals surface area contributed by atoms with Crippen molar-refractivity contribution >= 4 is 34.7 Å². The number of pyridine rings is 1. The Morgan fingerprint density at radius 1 is 1.28 bits per heavy atom. The number of aryl methyl sites for hydroxylation is 1. The summed E-state index contributed by atoms with van der Waals surface area (Å²) < 4.78 is 27.9. The van der Waals surface area contributed by atoms with Gasteiger partial charge < -0.3 is 25.3 Å². The summed E-state index contributed by atoms with van der Waals surface area (Å²) in [6.45, 7) is -0.363. The molecule has 0 unspecified atom stereocenters. The van der Waals surface area contributed by atoms with Crippen LogP contribution >= 0.6 is 0 Å². The molecule has 3 heterocycles. The molecule has 0 saturated heterocycles. The van der Waals surface area contributed by atoms with Gasteiger partial charge in [0.25, 0.3) is 5.91 Å². The third-order valence-corrected chi connectivity index (χ3v) is 5.59. The Bertz CT molecular complexity index is 1330. The van der Waals surface area contributed by atoms with Gasteiger partial charge in [0, 0.05) is 48.8 Å². The number of carbonyl (C=O) groups is 2. The number of benzene rings is 1. The van der Waals surface area contributed by atoms with E-state index in [1.165, 1.54) is 12.3 Å². The monoisotopic (exact) mass is 435 g/mol. The van der Waals surface area contributed by atoms with Gasteiger partial charge in [0.2, 0.25) is 5.91 Å². The molecule has 2 aromatic heterocycles. The van der Waals surface area contributed by atoms with Crippen molar-refractivity contribution in [2.45, 2.75) is 26.3 Å². The summed E-state index contributed by atoms with van der Waals surface area (Å²) in [5, 5.41) is 8.02. The Morgan fingerprint density at radius 2 is 2.12 bits per heavy atom. The van der Waals surface area contributed by atoms with E-state index in [1.54, 1.807) is 6.92 Å². The van der Waals surface area contributed by atoms with E-state index in [-0.39, 0.29) is 23.2 Å². The number of nitrogens with one attached hydrogen (secondary N) is 3. The SMILES string of the molecule is [2H]C([2H])([2H])NC(=O)c1cnc(NC(=O)C2CC2)cc1Nc1cccc2c1N(C)Cc1oc(C)nc1-2. The van der Waals surface area contributed by atoms with Crippen molar-refractivity contribution in [3.05, 3.63) is 47.7 Å². The molecular formula is C23H24N6O3. The zero-order chi connectivity index (χ0) is 24.9. The van der Waals surface area contributed by atoms with Gasteiger partial charge in [-0.2, -0.15) is 0 Å². The zero-order valence-corrected chi connectivity index (χ0v) is 17.7. The molecule has 164 valence electrons. The number of nitrogens with zero attached hydrogens (tertiary/aromatic N) is 3. The summed E-state index contributed by atoms with van der Waals surface area (Å²) in [5.74, 6) is 0.635. The highest BCUT2D eigenvalue weighted by molar-refractivity contribution is 6.02. The first-order chi connectivity index (χ1) is 16.6. The van der Waals surface area contributed by atoms with Gasteiger partial charge in [0.05, 0.1) is 29.2 Å². The Morgan fingerprint density at radius 3 is 2.91 bits per heavy atom. The fourth-order valence-corrected chi connectivity index (χ4v) is 3.92. The van der Waals surface area contributed by atoms with Crippen molar-refractivity contribution in [3.8, 4) is 11.3 Å². The topological polar surface area (TPSA) is 112 Å². The Balaban J connectivity index is 1.54. The van der Waals surface area contributed by atoms with Gasteiger partial charge in [-0.1, -0.05) is 12.1 Å². The minimum atomic E-state index is -2.67. The second-order valence-corrected chi connectivity index (χ2v) is 8.02. The molecule has 0 bridgehead atoms. The summed E-state index contributed by atoms with van der Waals surface area (Å²) in [5.41, 5.74) is 3.46. The minimum absolute atomic E-state index is 0.0263. The van der Waals surface area contributed by atoms with Crippen LogP contribution in [0.3, 0.4) is 0 Å². The first-order valence-corrected chi connectivity index (χ1v) is 10.3. The Labute approximate surface area is 189 Å². The molecule has 5 rings (SSSR count). The van der Waals surface area contributed by atoms with Crippen LogP contribution < -0.4 is 20.9 Å². The van der Waals surface area contributed by atoms with E-state index in [0.717, 1.165) is 35.5 Å². The fourth-order valence-electron chi connectivity index (χ4n) is 3.92. The van der Waals surface area contributed by atoms with Gasteiger partial charge in [0.15, 0.2) is 11.7 Å². The average molecular weight is 436 g/mol. The lowest BCUT2D eigenvalue weighted by Crippen LogP contribution is -2.23. The number of para-hydroxylation sites is 1.